The maximum Gasteiger partial charge on any atom is 0.192 e. The monoisotopic (exact) mass is 298 g/mol. The first kappa shape index (κ1) is 12.7. The molecule has 0 amide bonds. The van der Waals surface area contributed by atoms with Crippen LogP contribution in [0.2, 0.25) is 0 Å². The summed E-state index contributed by atoms with van der Waals surface area (Å²) in [5.74, 6) is 1.75. The van der Waals surface area contributed by atoms with Crippen molar-refractivity contribution in [1.82, 2.24) is 0 Å². The van der Waals surface area contributed by atoms with Crippen molar-refractivity contribution in [3.63, 3.8) is 0 Å². The van der Waals surface area contributed by atoms with Crippen molar-refractivity contribution in [1.29, 1.82) is 0 Å². The van der Waals surface area contributed by atoms with Gasteiger partial charge >= 0.3 is 0 Å². The van der Waals surface area contributed by atoms with Crippen LogP contribution >= 0.6 is 11.3 Å². The third-order valence-corrected chi connectivity index (χ3v) is 4.83. The Kier molecular flexibility index (Phi) is 2.86. The van der Waals surface area contributed by atoms with E-state index in [1.54, 1.807) is 6.08 Å². The van der Waals surface area contributed by atoms with Crippen LogP contribution < -0.4 is 5.43 Å². The van der Waals surface area contributed by atoms with Gasteiger partial charge in [-0.05, 0) is 35.9 Å². The molecule has 106 valence electrons. The van der Waals surface area contributed by atoms with Crippen LogP contribution in [0.1, 0.15) is 34.6 Å². The van der Waals surface area contributed by atoms with Gasteiger partial charge in [-0.1, -0.05) is 6.08 Å². The van der Waals surface area contributed by atoms with Crippen molar-refractivity contribution >= 4 is 23.2 Å². The summed E-state index contributed by atoms with van der Waals surface area (Å²) in [6.07, 6.45) is 6.74. The average molecular weight is 298 g/mol. The Morgan fingerprint density at radius 3 is 2.95 bits per heavy atom. The van der Waals surface area contributed by atoms with Gasteiger partial charge in [-0.15, -0.1) is 0 Å². The molecular weight excluding hydrogens is 284 g/mol. The number of thiophene rings is 1. The smallest absolute Gasteiger partial charge is 0.192 e. The third kappa shape index (κ3) is 1.98. The van der Waals surface area contributed by atoms with E-state index >= 15 is 0 Å². The quantitative estimate of drug-likeness (QED) is 0.816. The van der Waals surface area contributed by atoms with Crippen LogP contribution in [0, 0.1) is 0 Å². The summed E-state index contributed by atoms with van der Waals surface area (Å²) < 4.78 is 5.85. The van der Waals surface area contributed by atoms with Crippen molar-refractivity contribution in [2.45, 2.75) is 25.7 Å². The van der Waals surface area contributed by atoms with Crippen LogP contribution in [0.3, 0.4) is 0 Å². The lowest BCUT2D eigenvalue weighted by Gasteiger charge is -2.14. The summed E-state index contributed by atoms with van der Waals surface area (Å²) >= 11 is 1.54. The van der Waals surface area contributed by atoms with Crippen molar-refractivity contribution in [3.8, 4) is 0 Å². The van der Waals surface area contributed by atoms with Crippen LogP contribution in [-0.2, 0) is 19.3 Å². The molecule has 0 unspecified atom stereocenters. The number of rotatable bonds is 1. The number of allylic oxidation sites excluding steroid dienone is 2. The van der Waals surface area contributed by atoms with Crippen LogP contribution in [0.5, 0.6) is 0 Å². The Morgan fingerprint density at radius 2 is 2.14 bits per heavy atom. The van der Waals surface area contributed by atoms with Gasteiger partial charge in [0.2, 0.25) is 0 Å². The summed E-state index contributed by atoms with van der Waals surface area (Å²) in [5.41, 5.74) is 3.18. The number of aryl methyl sites for hydroxylation is 1. The van der Waals surface area contributed by atoms with E-state index in [1.807, 2.05) is 22.9 Å². The van der Waals surface area contributed by atoms with Crippen molar-refractivity contribution < 1.29 is 9.52 Å². The van der Waals surface area contributed by atoms with Crippen LogP contribution in [0.15, 0.2) is 37.7 Å². The van der Waals surface area contributed by atoms with Gasteiger partial charge < -0.3 is 9.52 Å². The second kappa shape index (κ2) is 4.74. The molecule has 2 aliphatic rings. The molecule has 0 bridgehead atoms. The molecule has 3 nitrogen and oxygen atoms in total. The maximum atomic E-state index is 12.6. The molecule has 4 heteroatoms. The van der Waals surface area contributed by atoms with E-state index < -0.39 is 0 Å². The fourth-order valence-corrected chi connectivity index (χ4v) is 3.67. The summed E-state index contributed by atoms with van der Waals surface area (Å²) in [5, 5.41) is 14.2. The molecule has 0 fully saturated rings. The molecule has 0 aromatic carbocycles. The molecule has 0 atom stereocenters. The predicted molar refractivity (Wildman–Crippen MR) is 83.6 cm³/mol. The molecule has 21 heavy (non-hydrogen) atoms. The highest BCUT2D eigenvalue weighted by atomic mass is 32.1. The van der Waals surface area contributed by atoms with Crippen molar-refractivity contribution in [2.75, 3.05) is 0 Å². The highest BCUT2D eigenvalue weighted by Crippen LogP contribution is 2.30. The molecule has 4 rings (SSSR count). The lowest BCUT2D eigenvalue weighted by molar-refractivity contribution is 0.481. The zero-order chi connectivity index (χ0) is 14.4. The summed E-state index contributed by atoms with van der Waals surface area (Å²) in [6, 6.07) is 1.88. The Balaban J connectivity index is 1.83. The highest BCUT2D eigenvalue weighted by Gasteiger charge is 2.24. The number of fused-ring (bicyclic) bond motifs is 2. The number of aliphatic hydroxyl groups is 1. The largest absolute Gasteiger partial charge is 0.507 e. The molecule has 0 saturated heterocycles. The molecule has 2 heterocycles. The minimum absolute atomic E-state index is 0.101. The molecule has 1 N–H and O–H groups in total. The first-order valence-corrected chi connectivity index (χ1v) is 7.99. The van der Waals surface area contributed by atoms with Crippen LogP contribution in [0.4, 0.5) is 0 Å². The Hall–Kier alpha value is -2.07. The van der Waals surface area contributed by atoms with Gasteiger partial charge in [0.05, 0.1) is 0 Å². The molecule has 0 saturated carbocycles. The lowest BCUT2D eigenvalue weighted by Crippen LogP contribution is -2.18. The maximum absolute atomic E-state index is 12.6. The molecule has 2 aliphatic carbocycles. The fourth-order valence-electron chi connectivity index (χ4n) is 3.03. The Morgan fingerprint density at radius 1 is 1.24 bits per heavy atom. The van der Waals surface area contributed by atoms with E-state index in [9.17, 15) is 9.90 Å². The van der Waals surface area contributed by atoms with E-state index in [0.29, 0.717) is 17.7 Å². The van der Waals surface area contributed by atoms with Crippen LogP contribution in [0.25, 0.3) is 11.8 Å². The highest BCUT2D eigenvalue weighted by molar-refractivity contribution is 7.08. The second-order valence-corrected chi connectivity index (χ2v) is 6.21. The predicted octanol–water partition coefficient (Wildman–Crippen LogP) is 3.73. The van der Waals surface area contributed by atoms with Gasteiger partial charge in [0, 0.05) is 34.9 Å². The molecule has 0 spiro atoms. The minimum atomic E-state index is 0.101. The first-order valence-electron chi connectivity index (χ1n) is 7.04. The fraction of sp³-hybridized carbons (Fsp3) is 0.235. The van der Waals surface area contributed by atoms with Gasteiger partial charge in [0.15, 0.2) is 5.43 Å². The minimum Gasteiger partial charge on any atom is -0.507 e. The number of hydrogen-bond acceptors (Lipinski definition) is 4. The summed E-state index contributed by atoms with van der Waals surface area (Å²) in [7, 11) is 0. The number of hydrogen-bond donors (Lipinski definition) is 1. The second-order valence-electron chi connectivity index (χ2n) is 5.43. The zero-order valence-corrected chi connectivity index (χ0v) is 12.2. The van der Waals surface area contributed by atoms with Gasteiger partial charge in [-0.25, -0.2) is 0 Å². The Labute approximate surface area is 125 Å². The van der Waals surface area contributed by atoms with Gasteiger partial charge in [0.25, 0.3) is 0 Å². The van der Waals surface area contributed by atoms with Gasteiger partial charge in [0.1, 0.15) is 17.3 Å². The summed E-state index contributed by atoms with van der Waals surface area (Å²) in [6.45, 7) is 0. The zero-order valence-electron chi connectivity index (χ0n) is 11.4. The van der Waals surface area contributed by atoms with E-state index in [4.69, 9.17) is 4.42 Å². The lowest BCUT2D eigenvalue weighted by atomic mass is 9.94. The topological polar surface area (TPSA) is 50.4 Å². The summed E-state index contributed by atoms with van der Waals surface area (Å²) in [4.78, 5) is 12.6. The normalized spacial score (nSPS) is 18.5. The standard InChI is InChI=1S/C17H14O3S/c18-16(11-6-7-21-9-11)10-4-5-15-13(8-10)17(19)12-2-1-3-14(12)20-15/h4-7,9,18H,1-3,8H2. The SMILES string of the molecule is O=c1c2c(oc3c1CCC3)C=CC(=C(O)c1ccsc1)C2. The van der Waals surface area contributed by atoms with Gasteiger partial charge in [-0.3, -0.25) is 4.79 Å². The average Bonchev–Trinajstić information content (AvgIpc) is 3.17. The van der Waals surface area contributed by atoms with E-state index in [-0.39, 0.29) is 11.2 Å². The third-order valence-electron chi connectivity index (χ3n) is 4.15. The molecular formula is C17H14O3S. The van der Waals surface area contributed by atoms with Gasteiger partial charge in [-0.2, -0.15) is 11.3 Å². The molecule has 2 aromatic heterocycles. The van der Waals surface area contributed by atoms with Crippen LogP contribution in [-0.4, -0.2) is 5.11 Å². The molecule has 0 aliphatic heterocycles. The van der Waals surface area contributed by atoms with Crippen molar-refractivity contribution in [2.24, 2.45) is 0 Å². The Bertz CT molecular complexity index is 822. The molecule has 2 aromatic rings. The first-order chi connectivity index (χ1) is 10.2. The van der Waals surface area contributed by atoms with E-state index in [2.05, 4.69) is 0 Å². The van der Waals surface area contributed by atoms with E-state index in [1.165, 1.54) is 11.3 Å². The number of aliphatic hydroxyl groups excluding tert-OH is 1. The molecule has 0 radical (unpaired) electrons. The van der Waals surface area contributed by atoms with E-state index in [0.717, 1.165) is 41.7 Å². The van der Waals surface area contributed by atoms with Crippen molar-refractivity contribution in [3.05, 3.63) is 66.9 Å².